The van der Waals surface area contributed by atoms with Crippen molar-refractivity contribution in [1.82, 2.24) is 15.5 Å². The number of rotatable bonds is 4. The van der Waals surface area contributed by atoms with Gasteiger partial charge in [-0.05, 0) is 29.9 Å². The van der Waals surface area contributed by atoms with Crippen molar-refractivity contribution in [3.8, 4) is 11.3 Å². The van der Waals surface area contributed by atoms with E-state index in [0.29, 0.717) is 0 Å². The van der Waals surface area contributed by atoms with Crippen LogP contribution in [0, 0.1) is 0 Å². The molecule has 1 saturated heterocycles. The van der Waals surface area contributed by atoms with Crippen molar-refractivity contribution in [1.29, 1.82) is 0 Å². The van der Waals surface area contributed by atoms with E-state index < -0.39 is 0 Å². The average Bonchev–Trinajstić information content (AvgIpc) is 3.35. The van der Waals surface area contributed by atoms with Crippen molar-refractivity contribution in [2.45, 2.75) is 18.9 Å². The Hall–Kier alpha value is -2.60. The normalized spacial score (nSPS) is 17.4. The van der Waals surface area contributed by atoms with Crippen LogP contribution in [-0.4, -0.2) is 35.2 Å². The highest BCUT2D eigenvalue weighted by Crippen LogP contribution is 2.24. The van der Waals surface area contributed by atoms with Crippen molar-refractivity contribution >= 4 is 23.1 Å². The van der Waals surface area contributed by atoms with Crippen LogP contribution in [0.25, 0.3) is 11.3 Å². The van der Waals surface area contributed by atoms with Crippen molar-refractivity contribution in [2.24, 2.45) is 0 Å². The summed E-state index contributed by atoms with van der Waals surface area (Å²) in [6, 6.07) is 14.3. The molecule has 1 aliphatic rings. The van der Waals surface area contributed by atoms with Crippen molar-refractivity contribution in [2.75, 3.05) is 18.0 Å². The summed E-state index contributed by atoms with van der Waals surface area (Å²) in [5.41, 5.74) is 2.88. The molecule has 1 atom stereocenters. The van der Waals surface area contributed by atoms with Gasteiger partial charge >= 0.3 is 0 Å². The zero-order valence-electron chi connectivity index (χ0n) is 13.8. The molecule has 6 heteroatoms. The van der Waals surface area contributed by atoms with Crippen LogP contribution in [0.4, 0.5) is 5.82 Å². The molecule has 0 aliphatic carbocycles. The third-order valence-electron chi connectivity index (χ3n) is 4.51. The predicted octanol–water partition coefficient (Wildman–Crippen LogP) is 3.54. The fraction of sp³-hybridized carbons (Fsp3) is 0.263. The number of carbonyl (C=O) groups excluding carboxylic acids is 1. The largest absolute Gasteiger partial charge is 0.353 e. The molecule has 2 N–H and O–H groups in total. The minimum absolute atomic E-state index is 0.0140. The molecule has 0 bridgehead atoms. The number of piperidine rings is 1. The van der Waals surface area contributed by atoms with Gasteiger partial charge < -0.3 is 10.2 Å². The second-order valence-electron chi connectivity index (χ2n) is 6.28. The first kappa shape index (κ1) is 15.9. The zero-order valence-corrected chi connectivity index (χ0v) is 14.6. The van der Waals surface area contributed by atoms with Gasteiger partial charge in [0.1, 0.15) is 0 Å². The number of carbonyl (C=O) groups is 1. The fourth-order valence-corrected chi connectivity index (χ4v) is 3.84. The Morgan fingerprint density at radius 2 is 2.16 bits per heavy atom. The first-order valence-corrected chi connectivity index (χ1v) is 9.43. The molecule has 3 heterocycles. The van der Waals surface area contributed by atoms with Gasteiger partial charge in [0.15, 0.2) is 5.82 Å². The standard InChI is InChI=1S/C19H20N4OS/c24-19(15-8-10-25-13-15)20-16-7-4-9-23(12-16)18-11-17(21-22-18)14-5-2-1-3-6-14/h1-3,5-6,8,10-11,13,16H,4,7,9,12H2,(H,20,24)(H,21,22). The number of nitrogens with one attached hydrogen (secondary N) is 2. The number of H-pyrrole nitrogens is 1. The molecule has 0 radical (unpaired) electrons. The van der Waals surface area contributed by atoms with Crippen molar-refractivity contribution < 1.29 is 4.79 Å². The Kier molecular flexibility index (Phi) is 4.52. The van der Waals surface area contributed by atoms with Gasteiger partial charge in [-0.1, -0.05) is 30.3 Å². The van der Waals surface area contributed by atoms with E-state index >= 15 is 0 Å². The van der Waals surface area contributed by atoms with Crippen molar-refractivity contribution in [3.63, 3.8) is 0 Å². The SMILES string of the molecule is O=C(NC1CCCN(c2cc(-c3ccccc3)[nH]n2)C1)c1ccsc1. The summed E-state index contributed by atoms with van der Waals surface area (Å²) >= 11 is 1.54. The maximum Gasteiger partial charge on any atom is 0.252 e. The number of hydrogen-bond donors (Lipinski definition) is 2. The van der Waals surface area contributed by atoms with Crippen LogP contribution in [0.5, 0.6) is 0 Å². The summed E-state index contributed by atoms with van der Waals surface area (Å²) in [6.07, 6.45) is 2.05. The summed E-state index contributed by atoms with van der Waals surface area (Å²) in [7, 11) is 0. The number of benzene rings is 1. The molecule has 3 aromatic rings. The number of anilines is 1. The minimum Gasteiger partial charge on any atom is -0.353 e. The number of thiophene rings is 1. The van der Waals surface area contributed by atoms with Crippen LogP contribution >= 0.6 is 11.3 Å². The van der Waals surface area contributed by atoms with E-state index in [2.05, 4.69) is 38.6 Å². The average molecular weight is 352 g/mol. The Morgan fingerprint density at radius 1 is 1.28 bits per heavy atom. The van der Waals surface area contributed by atoms with Gasteiger partial charge in [0.25, 0.3) is 5.91 Å². The summed E-state index contributed by atoms with van der Waals surface area (Å²) in [4.78, 5) is 14.5. The van der Waals surface area contributed by atoms with Gasteiger partial charge in [0.05, 0.1) is 5.69 Å². The Bertz CT molecular complexity index is 828. The molecule has 1 amide bonds. The fourth-order valence-electron chi connectivity index (χ4n) is 3.20. The molecular formula is C19H20N4OS. The topological polar surface area (TPSA) is 61.0 Å². The molecular weight excluding hydrogens is 332 g/mol. The minimum atomic E-state index is 0.0140. The van der Waals surface area contributed by atoms with Gasteiger partial charge in [0.2, 0.25) is 0 Å². The van der Waals surface area contributed by atoms with Crippen LogP contribution in [0.15, 0.2) is 53.2 Å². The lowest BCUT2D eigenvalue weighted by Gasteiger charge is -2.33. The van der Waals surface area contributed by atoms with Crippen molar-refractivity contribution in [3.05, 3.63) is 58.8 Å². The monoisotopic (exact) mass is 352 g/mol. The zero-order chi connectivity index (χ0) is 17.1. The first-order valence-electron chi connectivity index (χ1n) is 8.48. The summed E-state index contributed by atoms with van der Waals surface area (Å²) < 4.78 is 0. The van der Waals surface area contributed by atoms with E-state index in [1.807, 2.05) is 35.0 Å². The molecule has 1 aromatic carbocycles. The summed E-state index contributed by atoms with van der Waals surface area (Å²) in [5.74, 6) is 0.952. The molecule has 0 saturated carbocycles. The molecule has 2 aromatic heterocycles. The number of hydrogen-bond acceptors (Lipinski definition) is 4. The van der Waals surface area contributed by atoms with Gasteiger partial charge in [-0.25, -0.2) is 0 Å². The lowest BCUT2D eigenvalue weighted by molar-refractivity contribution is 0.0933. The smallest absolute Gasteiger partial charge is 0.252 e. The van der Waals surface area contributed by atoms with Gasteiger partial charge in [-0.15, -0.1) is 0 Å². The first-order chi connectivity index (χ1) is 12.3. The Balaban J connectivity index is 1.43. The third-order valence-corrected chi connectivity index (χ3v) is 5.20. The van der Waals surface area contributed by atoms with E-state index in [9.17, 15) is 4.79 Å². The molecule has 1 aliphatic heterocycles. The number of nitrogens with zero attached hydrogens (tertiary/aromatic N) is 2. The van der Waals surface area contributed by atoms with E-state index in [-0.39, 0.29) is 11.9 Å². The molecule has 5 nitrogen and oxygen atoms in total. The second-order valence-corrected chi connectivity index (χ2v) is 7.06. The summed E-state index contributed by atoms with van der Waals surface area (Å²) in [5, 5.41) is 14.5. The molecule has 0 spiro atoms. The van der Waals surface area contributed by atoms with Crippen LogP contribution in [0.2, 0.25) is 0 Å². The molecule has 4 rings (SSSR count). The Labute approximate surface area is 150 Å². The molecule has 25 heavy (non-hydrogen) atoms. The van der Waals surface area contributed by atoms with Crippen LogP contribution in [0.1, 0.15) is 23.2 Å². The highest BCUT2D eigenvalue weighted by molar-refractivity contribution is 7.08. The third kappa shape index (κ3) is 3.58. The van der Waals surface area contributed by atoms with Crippen LogP contribution in [-0.2, 0) is 0 Å². The maximum absolute atomic E-state index is 12.3. The van der Waals surface area contributed by atoms with E-state index in [1.165, 1.54) is 0 Å². The summed E-state index contributed by atoms with van der Waals surface area (Å²) in [6.45, 7) is 1.75. The number of aromatic amines is 1. The number of amides is 1. The number of aromatic nitrogens is 2. The predicted molar refractivity (Wildman–Crippen MR) is 101 cm³/mol. The molecule has 1 unspecified atom stereocenters. The van der Waals surface area contributed by atoms with Crippen LogP contribution in [0.3, 0.4) is 0 Å². The maximum atomic E-state index is 12.3. The highest BCUT2D eigenvalue weighted by Gasteiger charge is 2.23. The molecule has 1 fully saturated rings. The van der Waals surface area contributed by atoms with Gasteiger partial charge in [-0.3, -0.25) is 9.89 Å². The quantitative estimate of drug-likeness (QED) is 0.755. The van der Waals surface area contributed by atoms with E-state index in [0.717, 1.165) is 48.6 Å². The van der Waals surface area contributed by atoms with E-state index in [4.69, 9.17) is 0 Å². The van der Waals surface area contributed by atoms with E-state index in [1.54, 1.807) is 11.3 Å². The molecule has 128 valence electrons. The lowest BCUT2D eigenvalue weighted by Crippen LogP contribution is -2.47. The highest BCUT2D eigenvalue weighted by atomic mass is 32.1. The Morgan fingerprint density at radius 3 is 2.96 bits per heavy atom. The second kappa shape index (κ2) is 7.11. The van der Waals surface area contributed by atoms with Gasteiger partial charge in [-0.2, -0.15) is 16.4 Å². The van der Waals surface area contributed by atoms with Gasteiger partial charge in [0, 0.05) is 36.1 Å². The van der Waals surface area contributed by atoms with Crippen LogP contribution < -0.4 is 10.2 Å². The lowest BCUT2D eigenvalue weighted by atomic mass is 10.1.